The summed E-state index contributed by atoms with van der Waals surface area (Å²) in [4.78, 5) is 14.5. The number of hydrogen-bond donors (Lipinski definition) is 0. The first-order valence-corrected chi connectivity index (χ1v) is 43.9. The number of benzene rings is 24. The monoisotopic (exact) mass is 1640 g/mol. The first-order valence-electron chi connectivity index (χ1n) is 43.9. The van der Waals surface area contributed by atoms with Crippen molar-refractivity contribution >= 4 is 163 Å². The van der Waals surface area contributed by atoms with Crippen molar-refractivity contribution in [1.82, 2.24) is 15.0 Å². The van der Waals surface area contributed by atoms with Gasteiger partial charge < -0.3 is 13.3 Å². The van der Waals surface area contributed by atoms with Crippen molar-refractivity contribution in [3.05, 3.63) is 455 Å². The Hall–Kier alpha value is -17.2. The molecule has 0 spiro atoms. The summed E-state index contributed by atoms with van der Waals surface area (Å²) in [6, 6.07) is 162. The molecule has 24 aromatic carbocycles. The van der Waals surface area contributed by atoms with E-state index in [0.29, 0.717) is 17.7 Å². The topological polar surface area (TPSA) is 78.1 Å². The molecular formula is C123H75N3O3. The van der Waals surface area contributed by atoms with Crippen molar-refractivity contribution in [2.45, 2.75) is 0 Å². The second-order valence-electron chi connectivity index (χ2n) is 33.5. The number of oxazole rings is 3. The largest absolute Gasteiger partial charge is 0.435 e. The quantitative estimate of drug-likeness (QED) is 0.134. The summed E-state index contributed by atoms with van der Waals surface area (Å²) in [5, 5.41) is 29.1. The lowest BCUT2D eigenvalue weighted by Crippen LogP contribution is -1.87. The van der Waals surface area contributed by atoms with Crippen LogP contribution in [0.4, 0.5) is 0 Å². The highest BCUT2D eigenvalue weighted by atomic mass is 16.4. The molecule has 0 radical (unpaired) electrons. The maximum absolute atomic E-state index is 6.49. The molecule has 600 valence electrons. The van der Waals surface area contributed by atoms with Crippen LogP contribution < -0.4 is 0 Å². The summed E-state index contributed by atoms with van der Waals surface area (Å²) in [5.41, 5.74) is 22.6. The Morgan fingerprint density at radius 1 is 0.132 bits per heavy atom. The normalized spacial score (nSPS) is 11.7. The Labute approximate surface area is 741 Å². The molecule has 0 unspecified atom stereocenters. The highest BCUT2D eigenvalue weighted by molar-refractivity contribution is 6.25. The van der Waals surface area contributed by atoms with Crippen molar-refractivity contribution in [3.63, 3.8) is 0 Å². The molecule has 6 heteroatoms. The molecule has 0 aliphatic rings. The maximum atomic E-state index is 6.49. The molecule has 0 saturated carbocycles. The van der Waals surface area contributed by atoms with Crippen LogP contribution >= 0.6 is 0 Å². The molecule has 0 saturated heterocycles. The number of fused-ring (bicyclic) bond motifs is 24. The molecule has 27 rings (SSSR count). The molecule has 3 aromatic heterocycles. The van der Waals surface area contributed by atoms with E-state index in [1.807, 2.05) is 97.1 Å². The van der Waals surface area contributed by atoms with Gasteiger partial charge >= 0.3 is 0 Å². The summed E-state index contributed by atoms with van der Waals surface area (Å²) in [7, 11) is 0. The van der Waals surface area contributed by atoms with Crippen LogP contribution in [0, 0.1) is 0 Å². The maximum Gasteiger partial charge on any atom is 0.227 e. The van der Waals surface area contributed by atoms with Crippen LogP contribution in [0.5, 0.6) is 0 Å². The van der Waals surface area contributed by atoms with Gasteiger partial charge in [-0.1, -0.05) is 352 Å². The molecule has 0 aliphatic carbocycles. The van der Waals surface area contributed by atoms with Gasteiger partial charge in [0, 0.05) is 32.8 Å². The van der Waals surface area contributed by atoms with E-state index in [1.54, 1.807) is 0 Å². The summed E-state index contributed by atoms with van der Waals surface area (Å²) in [6.45, 7) is 0. The predicted octanol–water partition coefficient (Wildman–Crippen LogP) is 34.3. The Balaban J connectivity index is 0.000000105. The van der Waals surface area contributed by atoms with Crippen LogP contribution in [0.25, 0.3) is 264 Å². The van der Waals surface area contributed by atoms with Gasteiger partial charge in [-0.3, -0.25) is 0 Å². The lowest BCUT2D eigenvalue weighted by molar-refractivity contribution is 0.623. The molecule has 0 bridgehead atoms. The highest BCUT2D eigenvalue weighted by Gasteiger charge is 2.22. The fourth-order valence-corrected chi connectivity index (χ4v) is 19.7. The zero-order valence-electron chi connectivity index (χ0n) is 69.9. The van der Waals surface area contributed by atoms with Gasteiger partial charge in [-0.25, -0.2) is 15.0 Å². The minimum absolute atomic E-state index is 0.643. The Morgan fingerprint density at radius 3 is 0.938 bits per heavy atom. The molecule has 0 atom stereocenters. The summed E-state index contributed by atoms with van der Waals surface area (Å²) >= 11 is 0. The first-order chi connectivity index (χ1) is 63.9. The van der Waals surface area contributed by atoms with Crippen molar-refractivity contribution in [1.29, 1.82) is 0 Å². The van der Waals surface area contributed by atoms with E-state index in [4.69, 9.17) is 28.2 Å². The number of rotatable bonds is 9. The zero-order valence-corrected chi connectivity index (χ0v) is 69.9. The predicted molar refractivity (Wildman–Crippen MR) is 541 cm³/mol. The number of nitrogens with zero attached hydrogens (tertiary/aromatic N) is 3. The van der Waals surface area contributed by atoms with Crippen LogP contribution in [0.15, 0.2) is 468 Å². The second kappa shape index (κ2) is 30.9. The van der Waals surface area contributed by atoms with E-state index in [0.717, 1.165) is 87.7 Å². The molecule has 129 heavy (non-hydrogen) atoms. The van der Waals surface area contributed by atoms with E-state index < -0.39 is 0 Å². The molecule has 0 N–H and O–H groups in total. The first kappa shape index (κ1) is 74.4. The van der Waals surface area contributed by atoms with Gasteiger partial charge in [0.1, 0.15) is 16.6 Å². The second-order valence-corrected chi connectivity index (χ2v) is 33.5. The van der Waals surface area contributed by atoms with Gasteiger partial charge in [-0.05, 0) is 283 Å². The molecule has 0 aliphatic heterocycles. The van der Waals surface area contributed by atoms with E-state index in [9.17, 15) is 0 Å². The van der Waals surface area contributed by atoms with Gasteiger partial charge in [-0.15, -0.1) is 0 Å². The lowest BCUT2D eigenvalue weighted by atomic mass is 9.89. The lowest BCUT2D eigenvalue weighted by Gasteiger charge is -2.14. The summed E-state index contributed by atoms with van der Waals surface area (Å²) < 4.78 is 19.3. The standard InChI is InChI=1S/C45H27NO.C41H25NO.C37H23NO/c1-2-10-31(11-3-1)45-46-41-24-23-30-20-17-29-18-21-33(26-40(29)43(30)44(41)47-45)32-12-8-13-34(25-32)39-27-35-22-19-28-9-4-5-14-36(28)42(35)38-16-7-6-15-37(38)39;1-2-9-27(10-3-1)41-42-38-22-20-26-17-18-32-24-29(19-21-34(32)39(26)40(38)43-41)28-12-8-13-30(23-28)37-25-31-11-4-5-14-33(31)35-15-6-7-16-36(35)37;1-2-9-26(10-3-1)37-38-34-21-19-25-16-17-30-23-28(18-20-33(30)35(25)36(34)39-37)27-12-6-13-29(22-27)32-15-7-11-24-8-4-5-14-31(24)32/h1-27H;1-25H;1-23H. The Bertz CT molecular complexity index is 9200. The van der Waals surface area contributed by atoms with Crippen molar-refractivity contribution in [2.75, 3.05) is 0 Å². The molecule has 0 fully saturated rings. The molecule has 0 amide bonds. The van der Waals surface area contributed by atoms with Gasteiger partial charge in [0.05, 0.1) is 0 Å². The fraction of sp³-hybridized carbons (Fsp3) is 0. The third-order valence-corrected chi connectivity index (χ3v) is 25.9. The van der Waals surface area contributed by atoms with Crippen LogP contribution in [0.3, 0.4) is 0 Å². The highest BCUT2D eigenvalue weighted by Crippen LogP contribution is 2.46. The van der Waals surface area contributed by atoms with Crippen LogP contribution in [0.1, 0.15) is 0 Å². The fourth-order valence-electron chi connectivity index (χ4n) is 19.7. The summed E-state index contributed by atoms with van der Waals surface area (Å²) in [6.07, 6.45) is 0. The molecule has 27 aromatic rings. The molecule has 3 heterocycles. The Kier molecular flexibility index (Phi) is 17.9. The van der Waals surface area contributed by atoms with Crippen molar-refractivity contribution in [3.8, 4) is 101 Å². The average molecular weight is 1640 g/mol. The van der Waals surface area contributed by atoms with Gasteiger partial charge in [0.2, 0.25) is 17.7 Å². The van der Waals surface area contributed by atoms with Crippen molar-refractivity contribution < 1.29 is 13.3 Å². The molecule has 6 nitrogen and oxygen atoms in total. The van der Waals surface area contributed by atoms with Gasteiger partial charge in [-0.2, -0.15) is 0 Å². The smallest absolute Gasteiger partial charge is 0.227 e. The Morgan fingerprint density at radius 2 is 0.426 bits per heavy atom. The number of hydrogen-bond acceptors (Lipinski definition) is 6. The third-order valence-electron chi connectivity index (χ3n) is 25.9. The molecular weight excluding hydrogens is 1570 g/mol. The van der Waals surface area contributed by atoms with Crippen LogP contribution in [-0.4, -0.2) is 15.0 Å². The third kappa shape index (κ3) is 13.2. The van der Waals surface area contributed by atoms with Crippen LogP contribution in [-0.2, 0) is 0 Å². The van der Waals surface area contributed by atoms with Crippen molar-refractivity contribution in [2.24, 2.45) is 0 Å². The average Bonchev–Trinajstić information content (AvgIpc) is 1.75. The van der Waals surface area contributed by atoms with Crippen LogP contribution in [0.2, 0.25) is 0 Å². The minimum Gasteiger partial charge on any atom is -0.435 e. The SMILES string of the molecule is c1ccc(-c2nc3ccc4ccc5cc(-c6cccc(-c7cc8ccccc8c8ccccc78)c6)ccc5c4c3o2)cc1.c1ccc(-c2nc3ccc4ccc5cc(-c6cccc(-c7cccc8ccccc78)c6)ccc5c4c3o2)cc1.c1ccc(-c2nc3ccc4ccc5ccc(-c6cccc(-c7cc8ccc9ccccc9c8c8ccccc78)c6)cc5c4c3o2)cc1. The summed E-state index contributed by atoms with van der Waals surface area (Å²) in [5.74, 6) is 1.94. The minimum atomic E-state index is 0.643. The van der Waals surface area contributed by atoms with Gasteiger partial charge in [0.15, 0.2) is 16.7 Å². The number of aromatic nitrogens is 3. The zero-order chi connectivity index (χ0) is 85.0. The van der Waals surface area contributed by atoms with E-state index in [-0.39, 0.29) is 0 Å². The van der Waals surface area contributed by atoms with Gasteiger partial charge in [0.25, 0.3) is 0 Å². The van der Waals surface area contributed by atoms with E-state index in [2.05, 4.69) is 358 Å². The van der Waals surface area contributed by atoms with E-state index >= 15 is 0 Å². The van der Waals surface area contributed by atoms with E-state index in [1.165, 1.54) is 158 Å².